The molecule has 3 heterocycles. The Kier molecular flexibility index (Phi) is 7.44. The van der Waals surface area contributed by atoms with Gasteiger partial charge in [0.1, 0.15) is 10.8 Å². The second-order valence-electron chi connectivity index (χ2n) is 8.66. The summed E-state index contributed by atoms with van der Waals surface area (Å²) in [5, 5.41) is 15.5. The Morgan fingerprint density at radius 2 is 1.86 bits per heavy atom. The van der Waals surface area contributed by atoms with E-state index in [1.54, 1.807) is 18.4 Å². The Bertz CT molecular complexity index is 1310. The normalized spacial score (nSPS) is 15.5. The van der Waals surface area contributed by atoms with Crippen LogP contribution in [0, 0.1) is 5.92 Å². The molecule has 9 heteroatoms. The highest BCUT2D eigenvalue weighted by molar-refractivity contribution is 7.13. The molecule has 0 aliphatic carbocycles. The lowest BCUT2D eigenvalue weighted by molar-refractivity contribution is -0.125. The van der Waals surface area contributed by atoms with E-state index in [9.17, 15) is 4.79 Å². The fraction of sp³-hybridized carbons (Fsp3) is 0.259. The topological polar surface area (TPSA) is 80.2 Å². The molecular weight excluding hydrogens is 494 g/mol. The Morgan fingerprint density at radius 3 is 2.58 bits per heavy atom. The van der Waals surface area contributed by atoms with Crippen LogP contribution in [0.15, 0.2) is 66.0 Å². The van der Waals surface area contributed by atoms with Gasteiger partial charge in [0, 0.05) is 34.6 Å². The largest absolute Gasteiger partial charge is 0.497 e. The van der Waals surface area contributed by atoms with Crippen LogP contribution in [0.1, 0.15) is 18.5 Å². The first-order valence-electron chi connectivity index (χ1n) is 11.8. The molecule has 0 spiro atoms. The number of hydrogen-bond acceptors (Lipinski definition) is 7. The second kappa shape index (κ2) is 11.1. The van der Waals surface area contributed by atoms with E-state index < -0.39 is 0 Å². The molecule has 0 radical (unpaired) electrons. The van der Waals surface area contributed by atoms with E-state index in [1.165, 1.54) is 0 Å². The van der Waals surface area contributed by atoms with Crippen molar-refractivity contribution in [3.8, 4) is 27.6 Å². The Balaban J connectivity index is 1.16. The number of nitrogens with one attached hydrogen (secondary N) is 1. The van der Waals surface area contributed by atoms with Crippen LogP contribution < -0.4 is 15.0 Å². The minimum atomic E-state index is -0.101. The zero-order valence-corrected chi connectivity index (χ0v) is 21.4. The standard InChI is InChI=1S/C27H26ClN5O2S/c1-35-23-10-6-19(7-11-23)27-30-22(17-36-27)15-29-26(34)20-3-2-14-33(16-20)25-13-12-24(31-32-25)18-4-8-21(28)9-5-18/h4-13,17,20H,2-3,14-16H2,1H3,(H,29,34). The minimum Gasteiger partial charge on any atom is -0.497 e. The van der Waals surface area contributed by atoms with E-state index in [4.69, 9.17) is 16.3 Å². The van der Waals surface area contributed by atoms with E-state index in [1.807, 2.05) is 66.0 Å². The third-order valence-corrected chi connectivity index (χ3v) is 7.43. The average molecular weight is 520 g/mol. The number of ether oxygens (including phenoxy) is 1. The van der Waals surface area contributed by atoms with Gasteiger partial charge in [-0.2, -0.15) is 0 Å². The van der Waals surface area contributed by atoms with Crippen LogP contribution in [0.5, 0.6) is 5.75 Å². The summed E-state index contributed by atoms with van der Waals surface area (Å²) in [7, 11) is 1.65. The molecule has 1 unspecified atom stereocenters. The van der Waals surface area contributed by atoms with E-state index in [0.717, 1.165) is 58.5 Å². The maximum absolute atomic E-state index is 12.9. The van der Waals surface area contributed by atoms with Crippen molar-refractivity contribution in [1.29, 1.82) is 0 Å². The van der Waals surface area contributed by atoms with Gasteiger partial charge in [-0.15, -0.1) is 21.5 Å². The fourth-order valence-electron chi connectivity index (χ4n) is 4.24. The summed E-state index contributed by atoms with van der Waals surface area (Å²) in [6, 6.07) is 19.3. The van der Waals surface area contributed by atoms with Crippen molar-refractivity contribution in [3.05, 3.63) is 76.8 Å². The highest BCUT2D eigenvalue weighted by atomic mass is 35.5. The van der Waals surface area contributed by atoms with Crippen molar-refractivity contribution >= 4 is 34.7 Å². The number of carbonyl (C=O) groups is 1. The number of amides is 1. The molecule has 0 saturated carbocycles. The van der Waals surface area contributed by atoms with Crippen molar-refractivity contribution in [1.82, 2.24) is 20.5 Å². The summed E-state index contributed by atoms with van der Waals surface area (Å²) in [6.45, 7) is 1.89. The maximum atomic E-state index is 12.9. The second-order valence-corrected chi connectivity index (χ2v) is 9.95. The van der Waals surface area contributed by atoms with E-state index in [2.05, 4.69) is 25.4 Å². The van der Waals surface area contributed by atoms with Crippen LogP contribution in [0.4, 0.5) is 5.82 Å². The van der Waals surface area contributed by atoms with Gasteiger partial charge in [0.15, 0.2) is 5.82 Å². The van der Waals surface area contributed by atoms with Crippen LogP contribution in [0.3, 0.4) is 0 Å². The first kappa shape index (κ1) is 24.2. The predicted molar refractivity (Wildman–Crippen MR) is 143 cm³/mol. The summed E-state index contributed by atoms with van der Waals surface area (Å²) in [5.74, 6) is 1.54. The van der Waals surface area contributed by atoms with Crippen molar-refractivity contribution in [2.45, 2.75) is 19.4 Å². The van der Waals surface area contributed by atoms with Gasteiger partial charge >= 0.3 is 0 Å². The molecule has 1 fully saturated rings. The Hall–Kier alpha value is -3.49. The smallest absolute Gasteiger partial charge is 0.225 e. The third kappa shape index (κ3) is 5.66. The number of hydrogen-bond donors (Lipinski definition) is 1. The molecule has 1 N–H and O–H groups in total. The predicted octanol–water partition coefficient (Wildman–Crippen LogP) is 5.46. The molecule has 2 aromatic carbocycles. The molecule has 184 valence electrons. The molecule has 1 aliphatic heterocycles. The number of anilines is 1. The van der Waals surface area contributed by atoms with Crippen LogP contribution in [0.2, 0.25) is 5.02 Å². The first-order chi connectivity index (χ1) is 17.6. The molecular formula is C27H26ClN5O2S. The molecule has 1 saturated heterocycles. The molecule has 2 aromatic heterocycles. The number of thiazole rings is 1. The number of methoxy groups -OCH3 is 1. The lowest BCUT2D eigenvalue weighted by Gasteiger charge is -2.32. The summed E-state index contributed by atoms with van der Waals surface area (Å²) in [4.78, 5) is 19.8. The van der Waals surface area contributed by atoms with Crippen molar-refractivity contribution < 1.29 is 9.53 Å². The van der Waals surface area contributed by atoms with Gasteiger partial charge in [-0.3, -0.25) is 4.79 Å². The monoisotopic (exact) mass is 519 g/mol. The molecule has 1 amide bonds. The highest BCUT2D eigenvalue weighted by Gasteiger charge is 2.26. The van der Waals surface area contributed by atoms with Crippen LogP contribution >= 0.6 is 22.9 Å². The minimum absolute atomic E-state index is 0.0458. The lowest BCUT2D eigenvalue weighted by atomic mass is 9.97. The molecule has 1 aliphatic rings. The van der Waals surface area contributed by atoms with Crippen molar-refractivity contribution in [3.63, 3.8) is 0 Å². The van der Waals surface area contributed by atoms with E-state index in [0.29, 0.717) is 18.1 Å². The zero-order chi connectivity index (χ0) is 24.9. The van der Waals surface area contributed by atoms with Gasteiger partial charge < -0.3 is 15.0 Å². The summed E-state index contributed by atoms with van der Waals surface area (Å²) in [5.41, 5.74) is 3.64. The average Bonchev–Trinajstić information content (AvgIpc) is 3.41. The molecule has 0 bridgehead atoms. The lowest BCUT2D eigenvalue weighted by Crippen LogP contribution is -2.43. The van der Waals surface area contributed by atoms with Crippen LogP contribution in [-0.2, 0) is 11.3 Å². The van der Waals surface area contributed by atoms with Crippen molar-refractivity contribution in [2.24, 2.45) is 5.92 Å². The summed E-state index contributed by atoms with van der Waals surface area (Å²) in [6.07, 6.45) is 1.78. The quantitative estimate of drug-likeness (QED) is 0.349. The summed E-state index contributed by atoms with van der Waals surface area (Å²) < 4.78 is 5.22. The van der Waals surface area contributed by atoms with Gasteiger partial charge in [-0.05, 0) is 61.4 Å². The molecule has 1 atom stereocenters. The van der Waals surface area contributed by atoms with E-state index >= 15 is 0 Å². The zero-order valence-electron chi connectivity index (χ0n) is 19.9. The number of halogens is 1. The maximum Gasteiger partial charge on any atom is 0.225 e. The highest BCUT2D eigenvalue weighted by Crippen LogP contribution is 2.27. The number of piperidine rings is 1. The number of nitrogens with zero attached hydrogens (tertiary/aromatic N) is 4. The van der Waals surface area contributed by atoms with Gasteiger partial charge in [0.2, 0.25) is 5.91 Å². The molecule has 5 rings (SSSR count). The van der Waals surface area contributed by atoms with Gasteiger partial charge in [0.05, 0.1) is 31.0 Å². The molecule has 36 heavy (non-hydrogen) atoms. The van der Waals surface area contributed by atoms with Crippen molar-refractivity contribution in [2.75, 3.05) is 25.1 Å². The summed E-state index contributed by atoms with van der Waals surface area (Å²) >= 11 is 7.54. The number of benzene rings is 2. The third-order valence-electron chi connectivity index (χ3n) is 6.24. The fourth-order valence-corrected chi connectivity index (χ4v) is 5.20. The number of aromatic nitrogens is 3. The Labute approximate surface area is 219 Å². The first-order valence-corrected chi connectivity index (χ1v) is 13.1. The molecule has 4 aromatic rings. The van der Waals surface area contributed by atoms with Gasteiger partial charge in [0.25, 0.3) is 0 Å². The van der Waals surface area contributed by atoms with Crippen LogP contribution in [-0.4, -0.2) is 41.3 Å². The Morgan fingerprint density at radius 1 is 1.08 bits per heavy atom. The number of rotatable bonds is 7. The van der Waals surface area contributed by atoms with E-state index in [-0.39, 0.29) is 11.8 Å². The SMILES string of the molecule is COc1ccc(-c2nc(CNC(=O)C3CCCN(c4ccc(-c5ccc(Cl)cc5)nn4)C3)cs2)cc1. The number of carbonyl (C=O) groups excluding carboxylic acids is 1. The van der Waals surface area contributed by atoms with Gasteiger partial charge in [-0.1, -0.05) is 23.7 Å². The van der Waals surface area contributed by atoms with Crippen LogP contribution in [0.25, 0.3) is 21.8 Å². The molecule has 7 nitrogen and oxygen atoms in total. The van der Waals surface area contributed by atoms with Gasteiger partial charge in [-0.25, -0.2) is 4.98 Å².